The van der Waals surface area contributed by atoms with E-state index in [2.05, 4.69) is 5.32 Å². The Balaban J connectivity index is 1.91. The Bertz CT molecular complexity index is 847. The minimum absolute atomic E-state index is 0.213. The van der Waals surface area contributed by atoms with Crippen LogP contribution in [0.2, 0.25) is 0 Å². The Morgan fingerprint density at radius 1 is 1.09 bits per heavy atom. The van der Waals surface area contributed by atoms with Crippen molar-refractivity contribution in [3.05, 3.63) is 65.4 Å². The van der Waals surface area contributed by atoms with Crippen LogP contribution in [0.3, 0.4) is 0 Å². The van der Waals surface area contributed by atoms with E-state index in [1.54, 1.807) is 37.3 Å². The topological polar surface area (TPSA) is 85.3 Å². The van der Waals surface area contributed by atoms with E-state index in [9.17, 15) is 9.59 Å². The predicted octanol–water partition coefficient (Wildman–Crippen LogP) is 3.09. The van der Waals surface area contributed by atoms with Crippen molar-refractivity contribution in [1.29, 1.82) is 0 Å². The number of nitrogens with two attached hydrogens (primary N) is 1. The fraction of sp³-hybridized carbons (Fsp3) is 0.0588. The Morgan fingerprint density at radius 3 is 2.59 bits per heavy atom. The molecule has 110 valence electrons. The first-order valence-electron chi connectivity index (χ1n) is 6.75. The number of benzene rings is 2. The van der Waals surface area contributed by atoms with Crippen molar-refractivity contribution in [3.8, 4) is 0 Å². The first-order valence-corrected chi connectivity index (χ1v) is 6.75. The van der Waals surface area contributed by atoms with E-state index in [4.69, 9.17) is 10.2 Å². The number of carbonyl (C=O) groups is 2. The smallest absolute Gasteiger partial charge is 0.291 e. The van der Waals surface area contributed by atoms with Crippen molar-refractivity contribution in [2.45, 2.75) is 6.92 Å². The second-order valence-electron chi connectivity index (χ2n) is 4.94. The molecule has 0 atom stereocenters. The van der Waals surface area contributed by atoms with Crippen molar-refractivity contribution in [2.75, 3.05) is 5.32 Å². The van der Waals surface area contributed by atoms with Crippen LogP contribution in [0.1, 0.15) is 26.5 Å². The molecule has 0 aliphatic heterocycles. The van der Waals surface area contributed by atoms with Crippen molar-refractivity contribution < 1.29 is 14.0 Å². The summed E-state index contributed by atoms with van der Waals surface area (Å²) in [6.07, 6.45) is 0. The number of para-hydroxylation sites is 1. The summed E-state index contributed by atoms with van der Waals surface area (Å²) in [6.45, 7) is 1.73. The molecular weight excluding hydrogens is 280 g/mol. The number of amides is 2. The number of hydrogen-bond donors (Lipinski definition) is 2. The third kappa shape index (κ3) is 2.44. The Hall–Kier alpha value is -3.08. The van der Waals surface area contributed by atoms with Gasteiger partial charge in [-0.25, -0.2) is 0 Å². The Kier molecular flexibility index (Phi) is 3.39. The van der Waals surface area contributed by atoms with E-state index in [0.717, 1.165) is 5.39 Å². The summed E-state index contributed by atoms with van der Waals surface area (Å²) in [5.74, 6) is -0.691. The molecule has 2 aromatic carbocycles. The lowest BCUT2D eigenvalue weighted by molar-refractivity contribution is 0.0989. The molecule has 0 fully saturated rings. The van der Waals surface area contributed by atoms with Gasteiger partial charge in [0.25, 0.3) is 5.91 Å². The molecule has 5 nitrogen and oxygen atoms in total. The van der Waals surface area contributed by atoms with Crippen LogP contribution in [0.15, 0.2) is 52.9 Å². The third-order valence-corrected chi connectivity index (χ3v) is 3.50. The van der Waals surface area contributed by atoms with Gasteiger partial charge in [0.15, 0.2) is 5.76 Å². The standard InChI is InChI=1S/C17H14N2O3/c1-10-12(16(18)20)6-4-7-13(10)19-17(21)15-9-11-5-2-3-8-14(11)22-15/h2-9H,1H3,(H2,18,20)(H,19,21). The summed E-state index contributed by atoms with van der Waals surface area (Å²) in [6, 6.07) is 14.1. The highest BCUT2D eigenvalue weighted by Crippen LogP contribution is 2.22. The van der Waals surface area contributed by atoms with Crippen LogP contribution in [0.25, 0.3) is 11.0 Å². The molecule has 0 aliphatic rings. The van der Waals surface area contributed by atoms with Crippen molar-refractivity contribution >= 4 is 28.5 Å². The molecule has 3 N–H and O–H groups in total. The van der Waals surface area contributed by atoms with Crippen LogP contribution < -0.4 is 11.1 Å². The molecule has 1 aromatic heterocycles. The minimum atomic E-state index is -0.530. The molecule has 0 radical (unpaired) electrons. The lowest BCUT2D eigenvalue weighted by atomic mass is 10.1. The van der Waals surface area contributed by atoms with Gasteiger partial charge in [0.05, 0.1) is 0 Å². The Labute approximate surface area is 126 Å². The summed E-state index contributed by atoms with van der Waals surface area (Å²) >= 11 is 0. The van der Waals surface area contributed by atoms with Gasteiger partial charge < -0.3 is 15.5 Å². The highest BCUT2D eigenvalue weighted by molar-refractivity contribution is 6.06. The molecule has 3 rings (SSSR count). The molecule has 0 saturated heterocycles. The van der Waals surface area contributed by atoms with Crippen LogP contribution in [-0.4, -0.2) is 11.8 Å². The van der Waals surface area contributed by atoms with E-state index >= 15 is 0 Å². The molecule has 0 bridgehead atoms. The van der Waals surface area contributed by atoms with Gasteiger partial charge in [-0.05, 0) is 36.8 Å². The van der Waals surface area contributed by atoms with E-state index in [0.29, 0.717) is 22.4 Å². The molecular formula is C17H14N2O3. The van der Waals surface area contributed by atoms with Crippen LogP contribution in [0.4, 0.5) is 5.69 Å². The second-order valence-corrected chi connectivity index (χ2v) is 4.94. The highest BCUT2D eigenvalue weighted by Gasteiger charge is 2.15. The molecule has 0 spiro atoms. The molecule has 5 heteroatoms. The largest absolute Gasteiger partial charge is 0.451 e. The molecule has 0 unspecified atom stereocenters. The van der Waals surface area contributed by atoms with Gasteiger partial charge in [0.2, 0.25) is 5.91 Å². The maximum atomic E-state index is 12.3. The number of nitrogens with one attached hydrogen (secondary N) is 1. The van der Waals surface area contributed by atoms with Gasteiger partial charge in [-0.3, -0.25) is 9.59 Å². The molecule has 2 amide bonds. The van der Waals surface area contributed by atoms with Crippen LogP contribution in [0, 0.1) is 6.92 Å². The van der Waals surface area contributed by atoms with Gasteiger partial charge in [-0.2, -0.15) is 0 Å². The fourth-order valence-corrected chi connectivity index (χ4v) is 2.32. The number of carbonyl (C=O) groups excluding carboxylic acids is 2. The molecule has 3 aromatic rings. The van der Waals surface area contributed by atoms with Crippen LogP contribution >= 0.6 is 0 Å². The average Bonchev–Trinajstić information content (AvgIpc) is 2.93. The van der Waals surface area contributed by atoms with Gasteiger partial charge in [0, 0.05) is 16.6 Å². The number of hydrogen-bond acceptors (Lipinski definition) is 3. The molecule has 22 heavy (non-hydrogen) atoms. The highest BCUT2D eigenvalue weighted by atomic mass is 16.3. The quantitative estimate of drug-likeness (QED) is 0.778. The van der Waals surface area contributed by atoms with E-state index in [1.165, 1.54) is 0 Å². The molecule has 1 heterocycles. The monoisotopic (exact) mass is 294 g/mol. The SMILES string of the molecule is Cc1c(NC(=O)c2cc3ccccc3o2)cccc1C(N)=O. The average molecular weight is 294 g/mol. The first kappa shape index (κ1) is 13.9. The lowest BCUT2D eigenvalue weighted by Crippen LogP contribution is -2.16. The van der Waals surface area contributed by atoms with E-state index in [-0.39, 0.29) is 11.7 Å². The number of fused-ring (bicyclic) bond motifs is 1. The lowest BCUT2D eigenvalue weighted by Gasteiger charge is -2.09. The molecule has 0 aliphatic carbocycles. The summed E-state index contributed by atoms with van der Waals surface area (Å²) in [5.41, 5.74) is 7.49. The third-order valence-electron chi connectivity index (χ3n) is 3.50. The van der Waals surface area contributed by atoms with Crippen LogP contribution in [-0.2, 0) is 0 Å². The number of rotatable bonds is 3. The van der Waals surface area contributed by atoms with Crippen LogP contribution in [0.5, 0.6) is 0 Å². The second kappa shape index (κ2) is 5.37. The summed E-state index contributed by atoms with van der Waals surface area (Å²) in [7, 11) is 0. The summed E-state index contributed by atoms with van der Waals surface area (Å²) < 4.78 is 5.52. The summed E-state index contributed by atoms with van der Waals surface area (Å²) in [5, 5.41) is 3.60. The van der Waals surface area contributed by atoms with E-state index < -0.39 is 5.91 Å². The van der Waals surface area contributed by atoms with Gasteiger partial charge in [-0.15, -0.1) is 0 Å². The Morgan fingerprint density at radius 2 is 1.86 bits per heavy atom. The van der Waals surface area contributed by atoms with Gasteiger partial charge >= 0.3 is 0 Å². The predicted molar refractivity (Wildman–Crippen MR) is 83.9 cm³/mol. The molecule has 0 saturated carbocycles. The normalized spacial score (nSPS) is 10.6. The zero-order valence-corrected chi connectivity index (χ0v) is 11.9. The first-order chi connectivity index (χ1) is 10.6. The number of anilines is 1. The van der Waals surface area contributed by atoms with Crippen molar-refractivity contribution in [3.63, 3.8) is 0 Å². The zero-order valence-electron chi connectivity index (χ0n) is 11.9. The number of furan rings is 1. The van der Waals surface area contributed by atoms with Gasteiger partial charge in [-0.1, -0.05) is 24.3 Å². The van der Waals surface area contributed by atoms with E-state index in [1.807, 2.05) is 18.2 Å². The fourth-order valence-electron chi connectivity index (χ4n) is 2.32. The van der Waals surface area contributed by atoms with Crippen molar-refractivity contribution in [2.24, 2.45) is 5.73 Å². The maximum absolute atomic E-state index is 12.3. The minimum Gasteiger partial charge on any atom is -0.451 e. The zero-order chi connectivity index (χ0) is 15.7. The van der Waals surface area contributed by atoms with Gasteiger partial charge in [0.1, 0.15) is 5.58 Å². The maximum Gasteiger partial charge on any atom is 0.291 e. The number of primary amides is 1. The van der Waals surface area contributed by atoms with Crippen molar-refractivity contribution in [1.82, 2.24) is 0 Å². The summed E-state index contributed by atoms with van der Waals surface area (Å²) in [4.78, 5) is 23.6.